The van der Waals surface area contributed by atoms with E-state index >= 15 is 0 Å². The molecular formula is C45H39O3P. The van der Waals surface area contributed by atoms with Crippen LogP contribution in [0.2, 0.25) is 0 Å². The van der Waals surface area contributed by atoms with Gasteiger partial charge in [0.25, 0.3) is 0 Å². The molecule has 0 bridgehead atoms. The van der Waals surface area contributed by atoms with E-state index in [9.17, 15) is 0 Å². The average Bonchev–Trinajstić information content (AvgIpc) is 3.15. The van der Waals surface area contributed by atoms with Gasteiger partial charge in [-0.05, 0) is 89.0 Å². The topological polar surface area (TPSA) is 27.7 Å². The van der Waals surface area contributed by atoms with Gasteiger partial charge in [0.2, 0.25) is 0 Å². The quantitative estimate of drug-likeness (QED) is 0.103. The van der Waals surface area contributed by atoms with Gasteiger partial charge in [0.1, 0.15) is 17.2 Å². The molecule has 0 N–H and O–H groups in total. The summed E-state index contributed by atoms with van der Waals surface area (Å²) in [5, 5.41) is 0. The summed E-state index contributed by atoms with van der Waals surface area (Å²) in [7, 11) is -1.78. The number of hydrogen-bond donors (Lipinski definition) is 0. The lowest BCUT2D eigenvalue weighted by molar-refractivity contribution is 0.388. The van der Waals surface area contributed by atoms with Crippen molar-refractivity contribution < 1.29 is 13.6 Å². The molecule has 0 unspecified atom stereocenters. The minimum atomic E-state index is -1.78. The zero-order chi connectivity index (χ0) is 33.4. The first-order chi connectivity index (χ1) is 24.2. The van der Waals surface area contributed by atoms with Crippen molar-refractivity contribution in [3.63, 3.8) is 0 Å². The Bertz CT molecular complexity index is 1690. The maximum atomic E-state index is 6.32. The van der Waals surface area contributed by atoms with Crippen molar-refractivity contribution in [3.8, 4) is 17.2 Å². The number of rotatable bonds is 15. The van der Waals surface area contributed by atoms with Gasteiger partial charge < -0.3 is 13.6 Å². The van der Waals surface area contributed by atoms with E-state index < -0.39 is 8.60 Å². The number of benzene rings is 6. The maximum absolute atomic E-state index is 6.32. The molecule has 0 heterocycles. The third-order valence-corrected chi connectivity index (χ3v) is 8.78. The van der Waals surface area contributed by atoms with Crippen LogP contribution < -0.4 is 13.6 Å². The maximum Gasteiger partial charge on any atom is 0.530 e. The molecule has 0 saturated carbocycles. The largest absolute Gasteiger partial charge is 0.530 e. The van der Waals surface area contributed by atoms with Crippen LogP contribution >= 0.6 is 8.60 Å². The van der Waals surface area contributed by atoms with Gasteiger partial charge in [-0.15, -0.1) is 0 Å². The lowest BCUT2D eigenvalue weighted by Gasteiger charge is -2.18. The Morgan fingerprint density at radius 3 is 0.857 bits per heavy atom. The van der Waals surface area contributed by atoms with Crippen LogP contribution in [0.4, 0.5) is 0 Å². The first-order valence-corrected chi connectivity index (χ1v) is 17.6. The predicted octanol–water partition coefficient (Wildman–Crippen LogP) is 12.2. The van der Waals surface area contributed by atoms with Crippen LogP contribution in [-0.2, 0) is 19.3 Å². The van der Waals surface area contributed by atoms with Gasteiger partial charge in [0, 0.05) is 0 Å². The smallest absolute Gasteiger partial charge is 0.409 e. The van der Waals surface area contributed by atoms with Gasteiger partial charge in [-0.3, -0.25) is 0 Å². The summed E-state index contributed by atoms with van der Waals surface area (Å²) < 4.78 is 19.0. The summed E-state index contributed by atoms with van der Waals surface area (Å²) in [6, 6.07) is 55.3. The Morgan fingerprint density at radius 1 is 0.327 bits per heavy atom. The van der Waals surface area contributed by atoms with Crippen molar-refractivity contribution in [3.05, 3.63) is 215 Å². The van der Waals surface area contributed by atoms with Gasteiger partial charge in [0.15, 0.2) is 0 Å². The van der Waals surface area contributed by atoms with E-state index in [4.69, 9.17) is 13.6 Å². The molecule has 0 atom stereocenters. The van der Waals surface area contributed by atoms with Crippen molar-refractivity contribution in [2.75, 3.05) is 0 Å². The van der Waals surface area contributed by atoms with Crippen LogP contribution in [0, 0.1) is 0 Å². The third kappa shape index (κ3) is 11.2. The first kappa shape index (κ1) is 33.3. The highest BCUT2D eigenvalue weighted by atomic mass is 31.2. The molecule has 0 aromatic heterocycles. The molecule has 4 heteroatoms. The standard InChI is InChI=1S/C45H39O3P/c1-4-13-37(14-5-1)19-10-22-40-25-31-43(32-26-40)46-49(47-44-33-27-41(28-34-44)23-11-20-38-15-6-2-7-16-38)48-45-35-29-42(30-36-45)24-12-21-39-17-8-3-9-18-39/h1-21,25-36H,22-24H2. The fourth-order valence-electron chi connectivity index (χ4n) is 5.06. The van der Waals surface area contributed by atoms with Crippen LogP contribution in [0.25, 0.3) is 18.2 Å². The van der Waals surface area contributed by atoms with E-state index in [1.165, 1.54) is 33.4 Å². The van der Waals surface area contributed by atoms with Gasteiger partial charge in [-0.1, -0.05) is 164 Å². The summed E-state index contributed by atoms with van der Waals surface area (Å²) in [6.45, 7) is 0. The van der Waals surface area contributed by atoms with E-state index in [0.29, 0.717) is 17.2 Å². The molecule has 0 aliphatic heterocycles. The molecule has 242 valence electrons. The molecule has 49 heavy (non-hydrogen) atoms. The van der Waals surface area contributed by atoms with Gasteiger partial charge >= 0.3 is 8.60 Å². The minimum Gasteiger partial charge on any atom is -0.409 e. The van der Waals surface area contributed by atoms with Crippen molar-refractivity contribution in [1.29, 1.82) is 0 Å². The molecule has 3 nitrogen and oxygen atoms in total. The minimum absolute atomic E-state index is 0.687. The van der Waals surface area contributed by atoms with Crippen LogP contribution in [0.5, 0.6) is 17.2 Å². The van der Waals surface area contributed by atoms with E-state index in [1.807, 2.05) is 91.0 Å². The average molecular weight is 659 g/mol. The van der Waals surface area contributed by atoms with Crippen LogP contribution in [0.1, 0.15) is 33.4 Å². The Labute approximate surface area is 291 Å². The molecule has 0 spiro atoms. The second-order valence-electron chi connectivity index (χ2n) is 11.5. The molecule has 6 aromatic rings. The highest BCUT2D eigenvalue weighted by Crippen LogP contribution is 2.42. The predicted molar refractivity (Wildman–Crippen MR) is 206 cm³/mol. The van der Waals surface area contributed by atoms with E-state index in [-0.39, 0.29) is 0 Å². The first-order valence-electron chi connectivity index (χ1n) is 16.5. The Hall–Kier alpha value is -5.63. The fourth-order valence-corrected chi connectivity index (χ4v) is 6.05. The van der Waals surface area contributed by atoms with Crippen molar-refractivity contribution in [2.24, 2.45) is 0 Å². The van der Waals surface area contributed by atoms with Gasteiger partial charge in [-0.25, -0.2) is 0 Å². The Balaban J connectivity index is 1.10. The molecule has 0 saturated heterocycles. The van der Waals surface area contributed by atoms with Crippen molar-refractivity contribution >= 4 is 26.8 Å². The van der Waals surface area contributed by atoms with Crippen LogP contribution in [0.3, 0.4) is 0 Å². The molecule has 0 fully saturated rings. The normalized spacial score (nSPS) is 12.0. The molecule has 6 aromatic carbocycles. The zero-order valence-corrected chi connectivity index (χ0v) is 28.2. The zero-order valence-electron chi connectivity index (χ0n) is 27.3. The van der Waals surface area contributed by atoms with Gasteiger partial charge in [0.05, 0.1) is 0 Å². The lowest BCUT2D eigenvalue weighted by atomic mass is 10.1. The van der Waals surface area contributed by atoms with E-state index in [2.05, 4.69) is 109 Å². The van der Waals surface area contributed by atoms with Crippen LogP contribution in [-0.4, -0.2) is 0 Å². The van der Waals surface area contributed by atoms with E-state index in [1.54, 1.807) is 0 Å². The second kappa shape index (κ2) is 18.1. The Morgan fingerprint density at radius 2 is 0.592 bits per heavy atom. The fraction of sp³-hybridized carbons (Fsp3) is 0.0667. The summed E-state index contributed by atoms with van der Waals surface area (Å²) in [4.78, 5) is 0. The summed E-state index contributed by atoms with van der Waals surface area (Å²) in [5.74, 6) is 2.06. The summed E-state index contributed by atoms with van der Waals surface area (Å²) in [6.07, 6.45) is 15.4. The number of allylic oxidation sites excluding steroid dienone is 3. The molecule has 0 radical (unpaired) electrons. The lowest BCUT2D eigenvalue weighted by Crippen LogP contribution is -2.02. The third-order valence-electron chi connectivity index (χ3n) is 7.70. The molecule has 0 aliphatic rings. The second-order valence-corrected chi connectivity index (χ2v) is 12.5. The molecule has 0 amide bonds. The monoisotopic (exact) mass is 658 g/mol. The van der Waals surface area contributed by atoms with Crippen LogP contribution in [0.15, 0.2) is 182 Å². The molecule has 0 aliphatic carbocycles. The number of hydrogen-bond acceptors (Lipinski definition) is 3. The van der Waals surface area contributed by atoms with Crippen molar-refractivity contribution in [2.45, 2.75) is 19.3 Å². The Kier molecular flexibility index (Phi) is 12.3. The summed E-state index contributed by atoms with van der Waals surface area (Å²) in [5.41, 5.74) is 7.15. The van der Waals surface area contributed by atoms with Gasteiger partial charge in [-0.2, -0.15) is 0 Å². The molecular weight excluding hydrogens is 619 g/mol. The highest BCUT2D eigenvalue weighted by Gasteiger charge is 2.20. The molecule has 6 rings (SSSR count). The van der Waals surface area contributed by atoms with E-state index in [0.717, 1.165) is 19.3 Å². The highest BCUT2D eigenvalue weighted by molar-refractivity contribution is 7.43. The summed E-state index contributed by atoms with van der Waals surface area (Å²) >= 11 is 0. The van der Waals surface area contributed by atoms with Crippen molar-refractivity contribution in [1.82, 2.24) is 0 Å². The SMILES string of the molecule is C(=Cc1ccccc1)Cc1ccc(OP(Oc2ccc(CC=Cc3ccccc3)cc2)Oc2ccc(CC=Cc3ccccc3)cc2)cc1.